The van der Waals surface area contributed by atoms with Crippen molar-refractivity contribution in [3.8, 4) is 0 Å². The van der Waals surface area contributed by atoms with E-state index in [1.54, 1.807) is 6.92 Å². The van der Waals surface area contributed by atoms with Crippen LogP contribution in [-0.2, 0) is 19.1 Å². The van der Waals surface area contributed by atoms with Crippen LogP contribution in [0.3, 0.4) is 0 Å². The lowest BCUT2D eigenvalue weighted by atomic mass is 9.70. The molecule has 0 amide bonds. The van der Waals surface area contributed by atoms with Crippen molar-refractivity contribution >= 4 is 34.3 Å². The van der Waals surface area contributed by atoms with Crippen molar-refractivity contribution in [2.75, 3.05) is 6.61 Å². The van der Waals surface area contributed by atoms with Crippen molar-refractivity contribution in [2.24, 2.45) is 11.1 Å². The van der Waals surface area contributed by atoms with Gasteiger partial charge in [-0.2, -0.15) is 0 Å². The van der Waals surface area contributed by atoms with E-state index in [1.807, 2.05) is 38.1 Å². The third kappa shape index (κ3) is 3.51. The molecule has 1 aliphatic heterocycles. The van der Waals surface area contributed by atoms with Gasteiger partial charge in [0.1, 0.15) is 11.3 Å². The smallest absolute Gasteiger partial charge is 0.340 e. The van der Waals surface area contributed by atoms with Gasteiger partial charge >= 0.3 is 5.97 Å². The molecule has 26 heavy (non-hydrogen) atoms. The Balaban J connectivity index is 2.18. The van der Waals surface area contributed by atoms with Crippen LogP contribution in [0.15, 0.2) is 47.1 Å². The number of esters is 1. The fourth-order valence-corrected chi connectivity index (χ4v) is 4.18. The van der Waals surface area contributed by atoms with Crippen LogP contribution in [0.2, 0.25) is 0 Å². The topological polar surface area (TPSA) is 78.6 Å². The molecular formula is C20H22INO4. The minimum atomic E-state index is -0.559. The van der Waals surface area contributed by atoms with E-state index in [9.17, 15) is 9.59 Å². The van der Waals surface area contributed by atoms with E-state index >= 15 is 0 Å². The number of ketones is 1. The molecule has 6 heteroatoms. The second-order valence-corrected chi connectivity index (χ2v) is 8.61. The predicted octanol–water partition coefficient (Wildman–Crippen LogP) is 3.78. The van der Waals surface area contributed by atoms with Crippen LogP contribution in [0.25, 0.3) is 0 Å². The second kappa shape index (κ2) is 7.06. The average Bonchev–Trinajstić information content (AvgIpc) is 2.52. The number of hydrogen-bond donors (Lipinski definition) is 1. The maximum absolute atomic E-state index is 13.0. The van der Waals surface area contributed by atoms with Gasteiger partial charge in [0.25, 0.3) is 0 Å². The number of benzene rings is 1. The van der Waals surface area contributed by atoms with Crippen LogP contribution in [0.5, 0.6) is 0 Å². The molecule has 1 heterocycles. The first-order valence-electron chi connectivity index (χ1n) is 8.60. The number of nitrogens with two attached hydrogens (primary N) is 1. The Morgan fingerprint density at radius 3 is 2.77 bits per heavy atom. The number of rotatable bonds is 3. The summed E-state index contributed by atoms with van der Waals surface area (Å²) in [6.07, 6.45) is 1.01. The summed E-state index contributed by atoms with van der Waals surface area (Å²) in [6, 6.07) is 7.73. The van der Waals surface area contributed by atoms with E-state index < -0.39 is 11.9 Å². The molecule has 5 nitrogen and oxygen atoms in total. The number of allylic oxidation sites excluding steroid dienone is 2. The quantitative estimate of drug-likeness (QED) is 0.541. The van der Waals surface area contributed by atoms with Gasteiger partial charge in [-0.15, -0.1) is 0 Å². The van der Waals surface area contributed by atoms with E-state index in [-0.39, 0.29) is 29.3 Å². The monoisotopic (exact) mass is 467 g/mol. The van der Waals surface area contributed by atoms with Crippen molar-refractivity contribution in [3.05, 3.63) is 56.2 Å². The van der Waals surface area contributed by atoms with E-state index in [4.69, 9.17) is 15.2 Å². The minimum absolute atomic E-state index is 0.00518. The Morgan fingerprint density at radius 2 is 2.12 bits per heavy atom. The number of Topliss-reactive ketones (excluding diaryl/α,β-unsaturated/α-hetero) is 1. The van der Waals surface area contributed by atoms with Gasteiger partial charge in [-0.3, -0.25) is 4.79 Å². The SMILES string of the molecule is CCOC(=O)C1=C(N)OC2=C(C(=O)CC(C)(C)C2)[C@H]1c1cccc(I)c1. The summed E-state index contributed by atoms with van der Waals surface area (Å²) in [5.74, 6) is -0.513. The minimum Gasteiger partial charge on any atom is -0.462 e. The second-order valence-electron chi connectivity index (χ2n) is 7.37. The first-order valence-corrected chi connectivity index (χ1v) is 9.67. The molecule has 0 saturated carbocycles. The molecule has 2 N–H and O–H groups in total. The highest BCUT2D eigenvalue weighted by atomic mass is 127. The summed E-state index contributed by atoms with van der Waals surface area (Å²) in [7, 11) is 0. The maximum atomic E-state index is 13.0. The molecule has 0 bridgehead atoms. The van der Waals surface area contributed by atoms with Gasteiger partial charge in [0.15, 0.2) is 5.78 Å². The fraction of sp³-hybridized carbons (Fsp3) is 0.400. The Hall–Kier alpha value is -1.83. The van der Waals surface area contributed by atoms with Crippen LogP contribution in [0.4, 0.5) is 0 Å². The van der Waals surface area contributed by atoms with Gasteiger partial charge in [0.2, 0.25) is 5.88 Å². The largest absolute Gasteiger partial charge is 0.462 e. The number of hydrogen-bond acceptors (Lipinski definition) is 5. The zero-order valence-corrected chi connectivity index (χ0v) is 17.3. The predicted molar refractivity (Wildman–Crippen MR) is 106 cm³/mol. The molecule has 0 unspecified atom stereocenters. The molecule has 0 radical (unpaired) electrons. The lowest BCUT2D eigenvalue weighted by Crippen LogP contribution is -2.35. The zero-order valence-electron chi connectivity index (χ0n) is 15.1. The zero-order chi connectivity index (χ0) is 19.1. The summed E-state index contributed by atoms with van der Waals surface area (Å²) in [6.45, 7) is 6.01. The van der Waals surface area contributed by atoms with Crippen molar-refractivity contribution < 1.29 is 19.1 Å². The van der Waals surface area contributed by atoms with Gasteiger partial charge in [-0.05, 0) is 52.6 Å². The summed E-state index contributed by atoms with van der Waals surface area (Å²) < 4.78 is 12.0. The van der Waals surface area contributed by atoms with E-state index in [1.165, 1.54) is 0 Å². The molecule has 2 aliphatic rings. The standard InChI is InChI=1S/C20H22INO4/c1-4-25-19(24)17-15(11-6-5-7-12(21)8-11)16-13(23)9-20(2,3)10-14(16)26-18(17)22/h5-8,15H,4,9-10,22H2,1-3H3/t15-/m1/s1. The highest BCUT2D eigenvalue weighted by Crippen LogP contribution is 2.48. The Labute approximate surface area is 166 Å². The molecule has 0 spiro atoms. The molecule has 0 saturated heterocycles. The molecular weight excluding hydrogens is 445 g/mol. The first-order chi connectivity index (χ1) is 12.2. The number of carbonyl (C=O) groups is 2. The fourth-order valence-electron chi connectivity index (χ4n) is 3.61. The number of ether oxygens (including phenoxy) is 2. The maximum Gasteiger partial charge on any atom is 0.340 e. The van der Waals surface area contributed by atoms with Crippen molar-refractivity contribution in [1.29, 1.82) is 0 Å². The Morgan fingerprint density at radius 1 is 1.38 bits per heavy atom. The van der Waals surface area contributed by atoms with Crippen LogP contribution in [-0.4, -0.2) is 18.4 Å². The Bertz CT molecular complexity index is 838. The van der Waals surface area contributed by atoms with Crippen LogP contribution < -0.4 is 5.73 Å². The molecule has 1 aromatic carbocycles. The third-order valence-corrected chi connectivity index (χ3v) is 5.30. The molecule has 138 valence electrons. The van der Waals surface area contributed by atoms with Crippen molar-refractivity contribution in [2.45, 2.75) is 39.5 Å². The van der Waals surface area contributed by atoms with Gasteiger partial charge in [0, 0.05) is 22.0 Å². The van der Waals surface area contributed by atoms with Gasteiger partial charge in [-0.1, -0.05) is 26.0 Å². The summed E-state index contributed by atoms with van der Waals surface area (Å²) >= 11 is 2.21. The molecule has 1 aliphatic carbocycles. The first kappa shape index (κ1) is 18.9. The Kier molecular flexibility index (Phi) is 5.14. The van der Waals surface area contributed by atoms with Crippen LogP contribution in [0.1, 0.15) is 45.1 Å². The lowest BCUT2D eigenvalue weighted by molar-refractivity contribution is -0.139. The van der Waals surface area contributed by atoms with Crippen LogP contribution >= 0.6 is 22.6 Å². The highest BCUT2D eigenvalue weighted by Gasteiger charge is 2.45. The van der Waals surface area contributed by atoms with Crippen molar-refractivity contribution in [1.82, 2.24) is 0 Å². The molecule has 3 rings (SSSR count). The summed E-state index contributed by atoms with van der Waals surface area (Å²) in [5, 5.41) is 0. The van der Waals surface area contributed by atoms with E-state index in [0.717, 1.165) is 9.13 Å². The molecule has 0 aromatic heterocycles. The summed E-state index contributed by atoms with van der Waals surface area (Å²) in [5.41, 5.74) is 7.50. The molecule has 1 aromatic rings. The number of halogens is 1. The highest BCUT2D eigenvalue weighted by molar-refractivity contribution is 14.1. The lowest BCUT2D eigenvalue weighted by Gasteiger charge is -2.38. The van der Waals surface area contributed by atoms with E-state index in [0.29, 0.717) is 24.2 Å². The third-order valence-electron chi connectivity index (χ3n) is 4.63. The van der Waals surface area contributed by atoms with Crippen LogP contribution in [0, 0.1) is 8.99 Å². The van der Waals surface area contributed by atoms with Gasteiger partial charge < -0.3 is 15.2 Å². The summed E-state index contributed by atoms with van der Waals surface area (Å²) in [4.78, 5) is 25.6. The molecule has 1 atom stereocenters. The van der Waals surface area contributed by atoms with Gasteiger partial charge in [0.05, 0.1) is 12.5 Å². The molecule has 0 fully saturated rings. The van der Waals surface area contributed by atoms with E-state index in [2.05, 4.69) is 22.6 Å². The normalized spacial score (nSPS) is 22.0. The average molecular weight is 467 g/mol. The van der Waals surface area contributed by atoms with Crippen molar-refractivity contribution in [3.63, 3.8) is 0 Å². The number of carbonyl (C=O) groups excluding carboxylic acids is 2. The van der Waals surface area contributed by atoms with Gasteiger partial charge in [-0.25, -0.2) is 4.79 Å².